The number of amides is 1. The Morgan fingerprint density at radius 3 is 2.38 bits per heavy atom. The van der Waals surface area contributed by atoms with Gasteiger partial charge in [-0.25, -0.2) is 4.68 Å². The molecule has 4 nitrogen and oxygen atoms in total. The third-order valence-corrected chi connectivity index (χ3v) is 3.84. The first-order valence-corrected chi connectivity index (χ1v) is 7.51. The zero-order chi connectivity index (χ0) is 15.4. The molecule has 1 N–H and O–H groups in total. The molecule has 0 spiro atoms. The lowest BCUT2D eigenvalue weighted by Crippen LogP contribution is -2.34. The monoisotopic (exact) mass is 285 g/mol. The minimum atomic E-state index is -0.0270. The first-order valence-electron chi connectivity index (χ1n) is 7.51. The van der Waals surface area contributed by atoms with Gasteiger partial charge in [-0.2, -0.15) is 5.10 Å². The van der Waals surface area contributed by atoms with Crippen LogP contribution in [0, 0.1) is 13.8 Å². The molecule has 0 fully saturated rings. The summed E-state index contributed by atoms with van der Waals surface area (Å²) in [5.41, 5.74) is 3.30. The Hall–Kier alpha value is -2.10. The summed E-state index contributed by atoms with van der Waals surface area (Å²) in [5, 5.41) is 7.60. The quantitative estimate of drug-likeness (QED) is 0.915. The lowest BCUT2D eigenvalue weighted by molar-refractivity contribution is 0.0933. The number of rotatable bonds is 5. The van der Waals surface area contributed by atoms with Crippen molar-refractivity contribution in [3.05, 3.63) is 47.3 Å². The van der Waals surface area contributed by atoms with Gasteiger partial charge < -0.3 is 5.32 Å². The van der Waals surface area contributed by atoms with Crippen molar-refractivity contribution in [3.63, 3.8) is 0 Å². The van der Waals surface area contributed by atoms with Crippen LogP contribution in [-0.2, 0) is 0 Å². The van der Waals surface area contributed by atoms with Crippen LogP contribution in [0.4, 0.5) is 0 Å². The highest BCUT2D eigenvalue weighted by atomic mass is 16.1. The van der Waals surface area contributed by atoms with Crippen molar-refractivity contribution in [2.45, 2.75) is 46.6 Å². The smallest absolute Gasteiger partial charge is 0.255 e. The SMILES string of the molecule is CCC(CC)NC(=O)c1c(C)nn(-c2ccccc2)c1C. The number of benzene rings is 1. The zero-order valence-corrected chi connectivity index (χ0v) is 13.2. The van der Waals surface area contributed by atoms with E-state index in [0.29, 0.717) is 5.56 Å². The van der Waals surface area contributed by atoms with Gasteiger partial charge in [0.25, 0.3) is 5.91 Å². The second-order valence-electron chi connectivity index (χ2n) is 5.28. The molecule has 1 amide bonds. The number of carbonyl (C=O) groups excluding carboxylic acids is 1. The van der Waals surface area contributed by atoms with Crippen LogP contribution >= 0.6 is 0 Å². The fourth-order valence-electron chi connectivity index (χ4n) is 2.54. The zero-order valence-electron chi connectivity index (χ0n) is 13.2. The molecule has 0 aliphatic rings. The lowest BCUT2D eigenvalue weighted by Gasteiger charge is -2.14. The Morgan fingerprint density at radius 1 is 1.19 bits per heavy atom. The van der Waals surface area contributed by atoms with E-state index < -0.39 is 0 Å². The van der Waals surface area contributed by atoms with E-state index in [2.05, 4.69) is 24.3 Å². The Balaban J connectivity index is 2.34. The van der Waals surface area contributed by atoms with Gasteiger partial charge in [0.2, 0.25) is 0 Å². The van der Waals surface area contributed by atoms with Crippen molar-refractivity contribution in [2.75, 3.05) is 0 Å². The summed E-state index contributed by atoms with van der Waals surface area (Å²) < 4.78 is 1.83. The highest BCUT2D eigenvalue weighted by Gasteiger charge is 2.20. The Kier molecular flexibility index (Phi) is 4.78. The number of aromatic nitrogens is 2. The van der Waals surface area contributed by atoms with Crippen LogP contribution in [0.5, 0.6) is 0 Å². The molecule has 0 saturated heterocycles. The van der Waals surface area contributed by atoms with Crippen LogP contribution in [0.15, 0.2) is 30.3 Å². The van der Waals surface area contributed by atoms with Crippen LogP contribution in [0.25, 0.3) is 5.69 Å². The van der Waals surface area contributed by atoms with Gasteiger partial charge in [-0.1, -0.05) is 32.0 Å². The summed E-state index contributed by atoms with van der Waals surface area (Å²) in [6.45, 7) is 7.99. The van der Waals surface area contributed by atoms with E-state index in [9.17, 15) is 4.79 Å². The van der Waals surface area contributed by atoms with E-state index in [1.807, 2.05) is 48.9 Å². The van der Waals surface area contributed by atoms with Crippen molar-refractivity contribution in [3.8, 4) is 5.69 Å². The highest BCUT2D eigenvalue weighted by molar-refractivity contribution is 5.96. The molecule has 0 radical (unpaired) electrons. The van der Waals surface area contributed by atoms with E-state index in [0.717, 1.165) is 29.9 Å². The number of nitrogens with zero attached hydrogens (tertiary/aromatic N) is 2. The largest absolute Gasteiger partial charge is 0.349 e. The topological polar surface area (TPSA) is 46.9 Å². The molecule has 0 bridgehead atoms. The van der Waals surface area contributed by atoms with Gasteiger partial charge in [0.05, 0.1) is 22.6 Å². The Morgan fingerprint density at radius 2 is 1.81 bits per heavy atom. The molecule has 0 aliphatic heterocycles. The first-order chi connectivity index (χ1) is 10.1. The fraction of sp³-hybridized carbons (Fsp3) is 0.412. The van der Waals surface area contributed by atoms with E-state index in [1.54, 1.807) is 0 Å². The molecule has 0 aliphatic carbocycles. The van der Waals surface area contributed by atoms with Crippen LogP contribution in [-0.4, -0.2) is 21.7 Å². The molecule has 21 heavy (non-hydrogen) atoms. The highest BCUT2D eigenvalue weighted by Crippen LogP contribution is 2.18. The second kappa shape index (κ2) is 6.57. The molecule has 0 saturated carbocycles. The molecule has 1 heterocycles. The molecule has 2 aromatic rings. The van der Waals surface area contributed by atoms with Gasteiger partial charge in [0.15, 0.2) is 0 Å². The molecule has 0 atom stereocenters. The molecule has 1 aromatic carbocycles. The van der Waals surface area contributed by atoms with E-state index in [1.165, 1.54) is 0 Å². The summed E-state index contributed by atoms with van der Waals surface area (Å²) in [7, 11) is 0. The van der Waals surface area contributed by atoms with Crippen molar-refractivity contribution < 1.29 is 4.79 Å². The predicted molar refractivity (Wildman–Crippen MR) is 84.9 cm³/mol. The average Bonchev–Trinajstić information content (AvgIpc) is 2.80. The summed E-state index contributed by atoms with van der Waals surface area (Å²) in [4.78, 5) is 12.5. The first kappa shape index (κ1) is 15.3. The number of para-hydroxylation sites is 1. The van der Waals surface area contributed by atoms with Crippen LogP contribution in [0.3, 0.4) is 0 Å². The van der Waals surface area contributed by atoms with Crippen molar-refractivity contribution in [1.29, 1.82) is 0 Å². The average molecular weight is 285 g/mol. The van der Waals surface area contributed by atoms with Gasteiger partial charge in [0, 0.05) is 6.04 Å². The molecule has 2 rings (SSSR count). The summed E-state index contributed by atoms with van der Waals surface area (Å²) in [6, 6.07) is 10.1. The standard InChI is InChI=1S/C17H23N3O/c1-5-14(6-2)18-17(21)16-12(3)19-20(13(16)4)15-10-8-7-9-11-15/h7-11,14H,5-6H2,1-4H3,(H,18,21). The normalized spacial score (nSPS) is 10.9. The maximum Gasteiger partial charge on any atom is 0.255 e. The fourth-order valence-corrected chi connectivity index (χ4v) is 2.54. The molecular weight excluding hydrogens is 262 g/mol. The third-order valence-electron chi connectivity index (χ3n) is 3.84. The maximum absolute atomic E-state index is 12.5. The predicted octanol–water partition coefficient (Wildman–Crippen LogP) is 3.41. The summed E-state index contributed by atoms with van der Waals surface area (Å²) in [5.74, 6) is -0.0270. The number of hydrogen-bond donors (Lipinski definition) is 1. The number of aryl methyl sites for hydroxylation is 1. The summed E-state index contributed by atoms with van der Waals surface area (Å²) >= 11 is 0. The van der Waals surface area contributed by atoms with Gasteiger partial charge in [0.1, 0.15) is 0 Å². The number of carbonyl (C=O) groups is 1. The van der Waals surface area contributed by atoms with Crippen LogP contribution in [0.2, 0.25) is 0 Å². The van der Waals surface area contributed by atoms with Crippen molar-refractivity contribution in [1.82, 2.24) is 15.1 Å². The van der Waals surface area contributed by atoms with Gasteiger partial charge in [-0.3, -0.25) is 4.79 Å². The van der Waals surface area contributed by atoms with Crippen molar-refractivity contribution >= 4 is 5.91 Å². The maximum atomic E-state index is 12.5. The second-order valence-corrected chi connectivity index (χ2v) is 5.28. The van der Waals surface area contributed by atoms with Crippen LogP contribution in [0.1, 0.15) is 48.4 Å². The van der Waals surface area contributed by atoms with Gasteiger partial charge in [-0.15, -0.1) is 0 Å². The van der Waals surface area contributed by atoms with Gasteiger partial charge >= 0.3 is 0 Å². The minimum absolute atomic E-state index is 0.0270. The van der Waals surface area contributed by atoms with Gasteiger partial charge in [-0.05, 0) is 38.8 Å². The molecule has 0 unspecified atom stereocenters. The van der Waals surface area contributed by atoms with E-state index in [4.69, 9.17) is 0 Å². The molecule has 112 valence electrons. The number of nitrogens with one attached hydrogen (secondary N) is 1. The number of hydrogen-bond acceptors (Lipinski definition) is 2. The minimum Gasteiger partial charge on any atom is -0.349 e. The summed E-state index contributed by atoms with van der Waals surface area (Å²) in [6.07, 6.45) is 1.88. The van der Waals surface area contributed by atoms with Crippen LogP contribution < -0.4 is 5.32 Å². The molecule has 1 aromatic heterocycles. The molecule has 4 heteroatoms. The lowest BCUT2D eigenvalue weighted by atomic mass is 10.1. The Labute approximate surface area is 126 Å². The molecular formula is C17H23N3O. The van der Waals surface area contributed by atoms with E-state index in [-0.39, 0.29) is 11.9 Å². The van der Waals surface area contributed by atoms with E-state index >= 15 is 0 Å². The third kappa shape index (κ3) is 3.15. The Bertz CT molecular complexity index is 612. The van der Waals surface area contributed by atoms with Crippen molar-refractivity contribution in [2.24, 2.45) is 0 Å².